The smallest absolute Gasteiger partial charge is 0.269 e. The third kappa shape index (κ3) is 4.08. The lowest BCUT2D eigenvalue weighted by Crippen LogP contribution is -2.29. The van der Waals surface area contributed by atoms with Gasteiger partial charge in [0.15, 0.2) is 0 Å². The Morgan fingerprint density at radius 3 is 2.61 bits per heavy atom. The zero-order valence-corrected chi connectivity index (χ0v) is 15.9. The topological polar surface area (TPSA) is 123 Å². The summed E-state index contributed by atoms with van der Waals surface area (Å²) in [6, 6.07) is 7.88. The van der Waals surface area contributed by atoms with Gasteiger partial charge < -0.3 is 15.2 Å². The number of aryl methyl sites for hydroxylation is 1. The summed E-state index contributed by atoms with van der Waals surface area (Å²) in [5, 5.41) is 21.2. The number of aromatic nitrogens is 2. The monoisotopic (exact) mass is 383 g/mol. The maximum Gasteiger partial charge on any atom is 0.269 e. The molecule has 0 saturated carbocycles. The Morgan fingerprint density at radius 2 is 1.96 bits per heavy atom. The Labute approximate surface area is 161 Å². The fourth-order valence-corrected chi connectivity index (χ4v) is 2.77. The molecular weight excluding hydrogens is 362 g/mol. The maximum absolute atomic E-state index is 12.7. The van der Waals surface area contributed by atoms with Gasteiger partial charge in [-0.25, -0.2) is 4.98 Å². The Balaban J connectivity index is 1.65. The molecule has 3 rings (SSSR count). The summed E-state index contributed by atoms with van der Waals surface area (Å²) < 4.78 is 5.24. The van der Waals surface area contributed by atoms with Gasteiger partial charge in [-0.1, -0.05) is 19.0 Å². The van der Waals surface area contributed by atoms with Crippen LogP contribution in [0.1, 0.15) is 41.5 Å². The van der Waals surface area contributed by atoms with Gasteiger partial charge in [0.05, 0.1) is 21.6 Å². The summed E-state index contributed by atoms with van der Waals surface area (Å²) in [5.41, 5.74) is 3.00. The third-order valence-electron chi connectivity index (χ3n) is 4.29. The van der Waals surface area contributed by atoms with E-state index in [0.717, 1.165) is 11.4 Å². The van der Waals surface area contributed by atoms with E-state index in [2.05, 4.69) is 20.8 Å². The number of fused-ring (bicyclic) bond motifs is 1. The van der Waals surface area contributed by atoms with Crippen molar-refractivity contribution in [1.29, 1.82) is 0 Å². The van der Waals surface area contributed by atoms with Crippen LogP contribution in [0.5, 0.6) is 0 Å². The molecule has 0 aliphatic heterocycles. The molecule has 1 amide bonds. The van der Waals surface area contributed by atoms with Crippen molar-refractivity contribution in [2.45, 2.75) is 26.7 Å². The van der Waals surface area contributed by atoms with Gasteiger partial charge in [0.25, 0.3) is 17.3 Å². The Bertz CT molecular complexity index is 1010. The van der Waals surface area contributed by atoms with Crippen molar-refractivity contribution in [3.05, 3.63) is 57.4 Å². The SMILES string of the molecule is Cc1noc2nc(C(C)C)cc(C(=O)NCCNc3ccc([N+](=O)[O-])cc3)c12. The van der Waals surface area contributed by atoms with Crippen LogP contribution in [-0.4, -0.2) is 34.1 Å². The van der Waals surface area contributed by atoms with Gasteiger partial charge in [-0.15, -0.1) is 0 Å². The van der Waals surface area contributed by atoms with E-state index >= 15 is 0 Å². The van der Waals surface area contributed by atoms with Gasteiger partial charge in [0.2, 0.25) is 0 Å². The van der Waals surface area contributed by atoms with Crippen LogP contribution in [0.15, 0.2) is 34.9 Å². The highest BCUT2D eigenvalue weighted by Gasteiger charge is 2.19. The van der Waals surface area contributed by atoms with Crippen LogP contribution in [0.25, 0.3) is 11.1 Å². The predicted molar refractivity (Wildman–Crippen MR) is 105 cm³/mol. The molecule has 9 heteroatoms. The van der Waals surface area contributed by atoms with Crippen molar-refractivity contribution >= 4 is 28.4 Å². The first kappa shape index (κ1) is 19.3. The molecule has 0 atom stereocenters. The number of benzene rings is 1. The number of hydrogen-bond donors (Lipinski definition) is 2. The van der Waals surface area contributed by atoms with E-state index in [1.165, 1.54) is 12.1 Å². The van der Waals surface area contributed by atoms with Crippen LogP contribution in [-0.2, 0) is 0 Å². The highest BCUT2D eigenvalue weighted by atomic mass is 16.6. The molecule has 9 nitrogen and oxygen atoms in total. The fraction of sp³-hybridized carbons (Fsp3) is 0.316. The molecule has 2 N–H and O–H groups in total. The molecule has 2 heterocycles. The van der Waals surface area contributed by atoms with E-state index in [1.807, 2.05) is 13.8 Å². The number of pyridine rings is 1. The summed E-state index contributed by atoms with van der Waals surface area (Å²) in [6.07, 6.45) is 0. The number of nitrogens with one attached hydrogen (secondary N) is 2. The molecule has 0 radical (unpaired) electrons. The highest BCUT2D eigenvalue weighted by Crippen LogP contribution is 2.25. The van der Waals surface area contributed by atoms with Crippen molar-refractivity contribution in [3.63, 3.8) is 0 Å². The molecular formula is C19H21N5O4. The lowest BCUT2D eigenvalue weighted by molar-refractivity contribution is -0.384. The Kier molecular flexibility index (Phi) is 5.53. The van der Waals surface area contributed by atoms with Gasteiger partial charge in [0, 0.05) is 36.6 Å². The average Bonchev–Trinajstić information content (AvgIpc) is 3.05. The number of nitrogens with zero attached hydrogens (tertiary/aromatic N) is 3. The van der Waals surface area contributed by atoms with E-state index in [9.17, 15) is 14.9 Å². The average molecular weight is 383 g/mol. The second-order valence-electron chi connectivity index (χ2n) is 6.68. The van der Waals surface area contributed by atoms with Crippen LogP contribution >= 0.6 is 0 Å². The normalized spacial score (nSPS) is 11.0. The second kappa shape index (κ2) is 8.03. The Morgan fingerprint density at radius 1 is 1.25 bits per heavy atom. The van der Waals surface area contributed by atoms with Crippen LogP contribution in [0.4, 0.5) is 11.4 Å². The summed E-state index contributed by atoms with van der Waals surface area (Å²) in [7, 11) is 0. The summed E-state index contributed by atoms with van der Waals surface area (Å²) >= 11 is 0. The lowest BCUT2D eigenvalue weighted by Gasteiger charge is -2.10. The van der Waals surface area contributed by atoms with Crippen molar-refractivity contribution in [3.8, 4) is 0 Å². The van der Waals surface area contributed by atoms with Gasteiger partial charge in [-0.2, -0.15) is 0 Å². The molecule has 0 bridgehead atoms. The van der Waals surface area contributed by atoms with Crippen LogP contribution in [0.2, 0.25) is 0 Å². The quantitative estimate of drug-likeness (QED) is 0.364. The standard InChI is InChI=1S/C19H21N5O4/c1-11(2)16-10-15(17-12(3)23-28-19(17)22-16)18(25)21-9-8-20-13-4-6-14(7-5-13)24(26)27/h4-7,10-11,20H,8-9H2,1-3H3,(H,21,25). The number of non-ortho nitro benzene ring substituents is 1. The number of carbonyl (C=O) groups excluding carboxylic acids is 1. The first-order chi connectivity index (χ1) is 13.4. The summed E-state index contributed by atoms with van der Waals surface area (Å²) in [4.78, 5) is 27.3. The molecule has 146 valence electrons. The fourth-order valence-electron chi connectivity index (χ4n) is 2.77. The zero-order valence-electron chi connectivity index (χ0n) is 15.9. The van der Waals surface area contributed by atoms with Crippen LogP contribution in [0.3, 0.4) is 0 Å². The molecule has 3 aromatic rings. The minimum absolute atomic E-state index is 0.0330. The number of rotatable bonds is 7. The number of nitro benzene ring substituents is 1. The van der Waals surface area contributed by atoms with E-state index in [1.54, 1.807) is 25.1 Å². The van der Waals surface area contributed by atoms with Gasteiger partial charge in [-0.3, -0.25) is 14.9 Å². The van der Waals surface area contributed by atoms with Gasteiger partial charge in [-0.05, 0) is 31.0 Å². The lowest BCUT2D eigenvalue weighted by atomic mass is 10.0. The van der Waals surface area contributed by atoms with E-state index < -0.39 is 4.92 Å². The largest absolute Gasteiger partial charge is 0.383 e. The van der Waals surface area contributed by atoms with E-state index in [0.29, 0.717) is 35.4 Å². The van der Waals surface area contributed by atoms with Gasteiger partial charge >= 0.3 is 0 Å². The number of nitro groups is 1. The van der Waals surface area contributed by atoms with Crippen molar-refractivity contribution in [2.75, 3.05) is 18.4 Å². The molecule has 2 aromatic heterocycles. The third-order valence-corrected chi connectivity index (χ3v) is 4.29. The van der Waals surface area contributed by atoms with Crippen molar-refractivity contribution in [1.82, 2.24) is 15.5 Å². The van der Waals surface area contributed by atoms with Gasteiger partial charge in [0.1, 0.15) is 0 Å². The number of amides is 1. The number of hydrogen-bond acceptors (Lipinski definition) is 7. The molecule has 0 aliphatic rings. The first-order valence-corrected chi connectivity index (χ1v) is 8.90. The summed E-state index contributed by atoms with van der Waals surface area (Å²) in [6.45, 7) is 6.61. The number of anilines is 1. The predicted octanol–water partition coefficient (Wildman–Crippen LogP) is 3.40. The first-order valence-electron chi connectivity index (χ1n) is 8.90. The van der Waals surface area contributed by atoms with Crippen molar-refractivity contribution in [2.24, 2.45) is 0 Å². The highest BCUT2D eigenvalue weighted by molar-refractivity contribution is 6.06. The molecule has 28 heavy (non-hydrogen) atoms. The zero-order chi connectivity index (χ0) is 20.3. The molecule has 0 unspecified atom stereocenters. The molecule has 0 spiro atoms. The van der Waals surface area contributed by atoms with E-state index in [4.69, 9.17) is 4.52 Å². The van der Waals surface area contributed by atoms with Crippen LogP contribution in [0, 0.1) is 17.0 Å². The molecule has 1 aromatic carbocycles. The second-order valence-corrected chi connectivity index (χ2v) is 6.68. The molecule has 0 fully saturated rings. The Hall–Kier alpha value is -3.49. The minimum Gasteiger partial charge on any atom is -0.383 e. The van der Waals surface area contributed by atoms with Crippen molar-refractivity contribution < 1.29 is 14.2 Å². The molecule has 0 saturated heterocycles. The van der Waals surface area contributed by atoms with E-state index in [-0.39, 0.29) is 17.5 Å². The summed E-state index contributed by atoms with van der Waals surface area (Å²) in [5.74, 6) is -0.0868. The minimum atomic E-state index is -0.447. The van der Waals surface area contributed by atoms with Crippen LogP contribution < -0.4 is 10.6 Å². The maximum atomic E-state index is 12.7. The number of carbonyl (C=O) groups is 1. The molecule has 0 aliphatic carbocycles.